The van der Waals surface area contributed by atoms with Crippen LogP contribution in [0.5, 0.6) is 0 Å². The minimum absolute atomic E-state index is 0.0396. The molecule has 2 aliphatic rings. The van der Waals surface area contributed by atoms with Crippen molar-refractivity contribution in [3.05, 3.63) is 94.3 Å². The Bertz CT molecular complexity index is 1650. The molecule has 6 rings (SSSR count). The second kappa shape index (κ2) is 11.3. The zero-order valence-corrected chi connectivity index (χ0v) is 24.8. The molecule has 212 valence electrons. The third-order valence-electron chi connectivity index (χ3n) is 7.60. The molecule has 10 heteroatoms. The number of carbonyl (C=O) groups excluding carboxylic acids is 1. The molecule has 2 aromatic heterocycles. The van der Waals surface area contributed by atoms with Gasteiger partial charge < -0.3 is 10.2 Å². The van der Waals surface area contributed by atoms with Gasteiger partial charge in [0, 0.05) is 17.8 Å². The number of benzene rings is 2. The number of carbonyl (C=O) groups is 1. The van der Waals surface area contributed by atoms with E-state index in [-0.39, 0.29) is 34.9 Å². The van der Waals surface area contributed by atoms with E-state index in [1.165, 1.54) is 24.2 Å². The molecule has 0 radical (unpaired) electrons. The number of nitrogens with zero attached hydrogens (tertiary/aromatic N) is 4. The van der Waals surface area contributed by atoms with E-state index in [0.29, 0.717) is 24.0 Å². The summed E-state index contributed by atoms with van der Waals surface area (Å²) in [5, 5.41) is 3.53. The van der Waals surface area contributed by atoms with Crippen molar-refractivity contribution in [2.75, 3.05) is 16.0 Å². The number of hydrogen-bond donors (Lipinski definition) is 1. The highest BCUT2D eigenvalue weighted by atomic mass is 32.2. The highest BCUT2D eigenvalue weighted by Gasteiger charge is 2.38. The standard InChI is InChI=1S/C31H33N5O3S2/c1-20(2)29-28-26(19-36(29)30-32-16-14-25(33-30)23-10-11-23)40-31(35-28)34-27(37)18-22-8-12-24(13-9-22)41(38,39)17-15-21-6-4-3-5-7-21/h3-9,12-14,16,20,23,29H,10-11,15,17-19H2,1-2H3,(H,34,35,37)/t29-/m1/s1. The first-order valence-electron chi connectivity index (χ1n) is 14.0. The summed E-state index contributed by atoms with van der Waals surface area (Å²) in [4.78, 5) is 30.7. The molecule has 1 atom stereocenters. The second-order valence-electron chi connectivity index (χ2n) is 11.1. The van der Waals surface area contributed by atoms with Gasteiger partial charge in [0.05, 0.1) is 40.2 Å². The summed E-state index contributed by atoms with van der Waals surface area (Å²) in [5.74, 6) is 1.45. The van der Waals surface area contributed by atoms with E-state index in [0.717, 1.165) is 33.3 Å². The minimum atomic E-state index is -3.41. The summed E-state index contributed by atoms with van der Waals surface area (Å²) in [5.41, 5.74) is 3.82. The zero-order chi connectivity index (χ0) is 28.6. The van der Waals surface area contributed by atoms with Crippen LogP contribution >= 0.6 is 11.3 Å². The Labute approximate surface area is 244 Å². The Morgan fingerprint density at radius 3 is 2.49 bits per heavy atom. The van der Waals surface area contributed by atoms with Crippen LogP contribution in [-0.2, 0) is 34.0 Å². The number of hydrogen-bond acceptors (Lipinski definition) is 8. The molecule has 0 bridgehead atoms. The SMILES string of the molecule is CC(C)[C@@H]1c2nc(NC(=O)Cc3ccc(S(=O)(=O)CCc4ccccc4)cc3)sc2CN1c1nccc(C2CC2)n1. The zero-order valence-electron chi connectivity index (χ0n) is 23.2. The molecular weight excluding hydrogens is 555 g/mol. The number of thiazole rings is 1. The number of anilines is 2. The Hall–Kier alpha value is -3.63. The van der Waals surface area contributed by atoms with Crippen LogP contribution in [0.3, 0.4) is 0 Å². The van der Waals surface area contributed by atoms with E-state index in [9.17, 15) is 13.2 Å². The quantitative estimate of drug-likeness (QED) is 0.253. The molecule has 8 nitrogen and oxygen atoms in total. The average Bonchev–Trinajstić information content (AvgIpc) is 3.66. The minimum Gasteiger partial charge on any atom is -0.327 e. The fraction of sp³-hybridized carbons (Fsp3) is 0.355. The summed E-state index contributed by atoms with van der Waals surface area (Å²) in [7, 11) is -3.41. The van der Waals surface area contributed by atoms with Crippen molar-refractivity contribution in [2.45, 2.75) is 62.9 Å². The predicted molar refractivity (Wildman–Crippen MR) is 161 cm³/mol. The number of nitrogens with one attached hydrogen (secondary N) is 1. The van der Waals surface area contributed by atoms with Crippen molar-refractivity contribution in [2.24, 2.45) is 5.92 Å². The van der Waals surface area contributed by atoms with Gasteiger partial charge in [-0.1, -0.05) is 67.6 Å². The van der Waals surface area contributed by atoms with E-state index in [2.05, 4.69) is 29.0 Å². The van der Waals surface area contributed by atoms with E-state index >= 15 is 0 Å². The summed E-state index contributed by atoms with van der Waals surface area (Å²) in [6, 6.07) is 18.2. The molecule has 41 heavy (non-hydrogen) atoms. The molecule has 1 fully saturated rings. The lowest BCUT2D eigenvalue weighted by Crippen LogP contribution is -2.28. The number of sulfone groups is 1. The summed E-state index contributed by atoms with van der Waals surface area (Å²) in [6.45, 7) is 5.00. The van der Waals surface area contributed by atoms with E-state index in [4.69, 9.17) is 9.97 Å². The average molecular weight is 588 g/mol. The first-order chi connectivity index (χ1) is 19.8. The van der Waals surface area contributed by atoms with Crippen LogP contribution in [-0.4, -0.2) is 35.0 Å². The van der Waals surface area contributed by atoms with Crippen molar-refractivity contribution in [3.8, 4) is 0 Å². The second-order valence-corrected chi connectivity index (χ2v) is 14.3. The van der Waals surface area contributed by atoms with Crippen molar-refractivity contribution < 1.29 is 13.2 Å². The third-order valence-corrected chi connectivity index (χ3v) is 10.3. The molecule has 1 aliphatic carbocycles. The van der Waals surface area contributed by atoms with Crippen LogP contribution in [0.25, 0.3) is 0 Å². The van der Waals surface area contributed by atoms with E-state index < -0.39 is 9.84 Å². The first kappa shape index (κ1) is 27.5. The Balaban J connectivity index is 1.08. The number of amides is 1. The normalized spacial score (nSPS) is 16.7. The van der Waals surface area contributed by atoms with Crippen LogP contribution in [0.4, 0.5) is 11.1 Å². The van der Waals surface area contributed by atoms with Crippen molar-refractivity contribution >= 4 is 38.2 Å². The number of rotatable bonds is 10. The highest BCUT2D eigenvalue weighted by Crippen LogP contribution is 2.45. The van der Waals surface area contributed by atoms with Gasteiger partial charge in [0.1, 0.15) is 0 Å². The lowest BCUT2D eigenvalue weighted by molar-refractivity contribution is -0.115. The van der Waals surface area contributed by atoms with Crippen molar-refractivity contribution in [3.63, 3.8) is 0 Å². The van der Waals surface area contributed by atoms with Gasteiger partial charge in [-0.25, -0.2) is 23.4 Å². The lowest BCUT2D eigenvalue weighted by Gasteiger charge is -2.27. The van der Waals surface area contributed by atoms with Crippen LogP contribution < -0.4 is 10.2 Å². The maximum absolute atomic E-state index is 12.9. The van der Waals surface area contributed by atoms with Crippen LogP contribution in [0, 0.1) is 5.92 Å². The van der Waals surface area contributed by atoms with Crippen LogP contribution in [0.1, 0.15) is 66.0 Å². The van der Waals surface area contributed by atoms with Gasteiger partial charge in [0.2, 0.25) is 11.9 Å². The molecule has 1 saturated carbocycles. The molecule has 1 N–H and O–H groups in total. The topological polar surface area (TPSA) is 105 Å². The monoisotopic (exact) mass is 587 g/mol. The molecule has 3 heterocycles. The maximum atomic E-state index is 12.9. The summed E-state index contributed by atoms with van der Waals surface area (Å²) in [6.07, 6.45) is 4.84. The molecule has 1 aliphatic heterocycles. The predicted octanol–water partition coefficient (Wildman–Crippen LogP) is 5.73. The molecule has 0 spiro atoms. The molecule has 0 unspecified atom stereocenters. The van der Waals surface area contributed by atoms with Gasteiger partial charge in [0.25, 0.3) is 0 Å². The largest absolute Gasteiger partial charge is 0.327 e. The van der Waals surface area contributed by atoms with Crippen LogP contribution in [0.15, 0.2) is 71.8 Å². The molecular formula is C31H33N5O3S2. The lowest BCUT2D eigenvalue weighted by atomic mass is 10.0. The van der Waals surface area contributed by atoms with Gasteiger partial charge in [-0.3, -0.25) is 4.79 Å². The molecule has 4 aromatic rings. The van der Waals surface area contributed by atoms with Crippen LogP contribution in [0.2, 0.25) is 0 Å². The van der Waals surface area contributed by atoms with Crippen molar-refractivity contribution in [1.82, 2.24) is 15.0 Å². The first-order valence-corrected chi connectivity index (χ1v) is 16.5. The fourth-order valence-electron chi connectivity index (χ4n) is 5.32. The van der Waals surface area contributed by atoms with Gasteiger partial charge in [-0.2, -0.15) is 0 Å². The molecule has 1 amide bonds. The Kier molecular flexibility index (Phi) is 7.61. The number of fused-ring (bicyclic) bond motifs is 1. The van der Waals surface area contributed by atoms with Gasteiger partial charge >= 0.3 is 0 Å². The Morgan fingerprint density at radius 1 is 1.02 bits per heavy atom. The highest BCUT2D eigenvalue weighted by molar-refractivity contribution is 7.91. The molecule has 2 aromatic carbocycles. The fourth-order valence-corrected chi connectivity index (χ4v) is 7.63. The van der Waals surface area contributed by atoms with Crippen molar-refractivity contribution in [1.29, 1.82) is 0 Å². The maximum Gasteiger partial charge on any atom is 0.230 e. The molecule has 0 saturated heterocycles. The smallest absolute Gasteiger partial charge is 0.230 e. The number of aromatic nitrogens is 3. The van der Waals surface area contributed by atoms with Gasteiger partial charge in [-0.15, -0.1) is 0 Å². The Morgan fingerprint density at radius 2 is 1.78 bits per heavy atom. The summed E-state index contributed by atoms with van der Waals surface area (Å²) >= 11 is 1.49. The van der Waals surface area contributed by atoms with E-state index in [1.807, 2.05) is 42.6 Å². The van der Waals surface area contributed by atoms with Gasteiger partial charge in [0.15, 0.2) is 15.0 Å². The third kappa shape index (κ3) is 6.18. The summed E-state index contributed by atoms with van der Waals surface area (Å²) < 4.78 is 25.6. The number of aryl methyl sites for hydroxylation is 1. The van der Waals surface area contributed by atoms with Gasteiger partial charge in [-0.05, 0) is 54.5 Å². The van der Waals surface area contributed by atoms with E-state index in [1.54, 1.807) is 24.3 Å².